The van der Waals surface area contributed by atoms with Crippen molar-refractivity contribution >= 4 is 45.9 Å². The summed E-state index contributed by atoms with van der Waals surface area (Å²) in [5, 5.41) is 5.52. The average Bonchev–Trinajstić information content (AvgIpc) is 3.67. The number of unbranched alkanes of at least 4 members (excludes halogenated alkanes) is 4. The Hall–Kier alpha value is -3.11. The quantitative estimate of drug-likeness (QED) is 0.135. The van der Waals surface area contributed by atoms with Crippen LogP contribution in [0.2, 0.25) is 5.15 Å². The van der Waals surface area contributed by atoms with Gasteiger partial charge in [-0.3, -0.25) is 4.79 Å². The number of carbonyl (C=O) groups is 1. The fourth-order valence-electron chi connectivity index (χ4n) is 6.41. The third-order valence-electron chi connectivity index (χ3n) is 8.49. The van der Waals surface area contributed by atoms with Crippen LogP contribution in [0.3, 0.4) is 0 Å². The highest BCUT2D eigenvalue weighted by molar-refractivity contribution is 7.13. The van der Waals surface area contributed by atoms with Gasteiger partial charge in [0.05, 0.1) is 29.2 Å². The van der Waals surface area contributed by atoms with E-state index in [4.69, 9.17) is 16.3 Å². The number of anilines is 1. The molecule has 0 amide bonds. The second-order valence-electron chi connectivity index (χ2n) is 11.1. The molecule has 0 saturated heterocycles. The van der Waals surface area contributed by atoms with Gasteiger partial charge < -0.3 is 15.0 Å². The molecule has 7 rings (SSSR count). The van der Waals surface area contributed by atoms with E-state index in [2.05, 4.69) is 37.2 Å². The molecule has 0 spiro atoms. The molecule has 3 aliphatic rings. The molecule has 4 aromatic rings. The average molecular weight is 597 g/mol. The summed E-state index contributed by atoms with van der Waals surface area (Å²) in [6.45, 7) is 2.62. The predicted molar refractivity (Wildman–Crippen MR) is 159 cm³/mol. The molecular formula is C30H34ClFN6O2S. The van der Waals surface area contributed by atoms with Crippen LogP contribution in [0.1, 0.15) is 64.7 Å². The molecule has 3 fully saturated rings. The number of rotatable bonds is 11. The molecule has 4 aromatic heterocycles. The van der Waals surface area contributed by atoms with Crippen molar-refractivity contribution in [3.63, 3.8) is 0 Å². The van der Waals surface area contributed by atoms with Gasteiger partial charge in [-0.25, -0.2) is 24.3 Å². The van der Waals surface area contributed by atoms with Gasteiger partial charge in [-0.1, -0.05) is 50.3 Å². The first-order valence-corrected chi connectivity index (χ1v) is 15.8. The van der Waals surface area contributed by atoms with E-state index in [1.54, 1.807) is 6.20 Å². The summed E-state index contributed by atoms with van der Waals surface area (Å²) >= 11 is 7.54. The first-order valence-electron chi connectivity index (χ1n) is 14.6. The summed E-state index contributed by atoms with van der Waals surface area (Å²) in [5.74, 6) is -0.212. The Labute approximate surface area is 247 Å². The van der Waals surface area contributed by atoms with Crippen molar-refractivity contribution in [2.75, 3.05) is 11.9 Å². The smallest absolute Gasteiger partial charge is 0.311 e. The highest BCUT2D eigenvalue weighted by Crippen LogP contribution is 2.47. The Balaban J connectivity index is 1.32. The van der Waals surface area contributed by atoms with Crippen molar-refractivity contribution in [2.45, 2.75) is 70.8 Å². The lowest BCUT2D eigenvalue weighted by Crippen LogP contribution is -2.52. The van der Waals surface area contributed by atoms with E-state index in [0.29, 0.717) is 34.0 Å². The molecule has 2 N–H and O–H groups in total. The van der Waals surface area contributed by atoms with E-state index in [0.717, 1.165) is 44.9 Å². The number of thiophene rings is 1. The van der Waals surface area contributed by atoms with Crippen molar-refractivity contribution in [1.29, 1.82) is 0 Å². The van der Waals surface area contributed by atoms with Gasteiger partial charge in [0.25, 0.3) is 0 Å². The summed E-state index contributed by atoms with van der Waals surface area (Å²) in [6, 6.07) is 3.43. The Bertz CT molecular complexity index is 1500. The molecule has 11 heteroatoms. The van der Waals surface area contributed by atoms with Gasteiger partial charge in [0.1, 0.15) is 16.4 Å². The Kier molecular flexibility index (Phi) is 8.48. The summed E-state index contributed by atoms with van der Waals surface area (Å²) in [5.41, 5.74) is 1.81. The molecule has 0 unspecified atom stereocenters. The van der Waals surface area contributed by atoms with Gasteiger partial charge >= 0.3 is 5.97 Å². The van der Waals surface area contributed by atoms with Crippen LogP contribution in [0.5, 0.6) is 0 Å². The van der Waals surface area contributed by atoms with Crippen molar-refractivity contribution in [2.24, 2.45) is 17.8 Å². The molecule has 0 aliphatic heterocycles. The second-order valence-corrected chi connectivity index (χ2v) is 12.4. The number of carbonyl (C=O) groups excluding carboxylic acids is 1. The molecule has 2 bridgehead atoms. The first-order chi connectivity index (χ1) is 20.0. The number of ether oxygens (including phenoxy) is 1. The number of aromatic amines is 1. The van der Waals surface area contributed by atoms with Crippen LogP contribution >= 0.6 is 22.9 Å². The zero-order valence-corrected chi connectivity index (χ0v) is 24.6. The van der Waals surface area contributed by atoms with E-state index in [1.165, 1.54) is 30.4 Å². The molecule has 3 saturated carbocycles. The van der Waals surface area contributed by atoms with Crippen molar-refractivity contribution in [3.05, 3.63) is 40.9 Å². The molecule has 41 heavy (non-hydrogen) atoms. The van der Waals surface area contributed by atoms with Gasteiger partial charge in [-0.15, -0.1) is 11.3 Å². The molecule has 2 atom stereocenters. The zero-order valence-electron chi connectivity index (χ0n) is 23.0. The molecule has 8 nitrogen and oxygen atoms in total. The van der Waals surface area contributed by atoms with Crippen molar-refractivity contribution in [3.8, 4) is 22.0 Å². The monoisotopic (exact) mass is 596 g/mol. The maximum atomic E-state index is 16.2. The maximum Gasteiger partial charge on any atom is 0.311 e. The topological polar surface area (TPSA) is 106 Å². The van der Waals surface area contributed by atoms with Crippen molar-refractivity contribution < 1.29 is 13.9 Å². The summed E-state index contributed by atoms with van der Waals surface area (Å²) in [6.07, 6.45) is 12.6. The van der Waals surface area contributed by atoms with Crippen LogP contribution in [0.4, 0.5) is 10.2 Å². The third-order valence-corrected chi connectivity index (χ3v) is 9.54. The Morgan fingerprint density at radius 3 is 2.73 bits per heavy atom. The normalized spacial score (nSPS) is 21.8. The van der Waals surface area contributed by atoms with E-state index in [-0.39, 0.29) is 46.4 Å². The largest absolute Gasteiger partial charge is 0.465 e. The van der Waals surface area contributed by atoms with Crippen LogP contribution in [0.25, 0.3) is 33.1 Å². The molecule has 3 aliphatic carbocycles. The first kappa shape index (κ1) is 28.0. The highest BCUT2D eigenvalue weighted by Gasteiger charge is 2.48. The fourth-order valence-corrected chi connectivity index (χ4v) is 7.25. The minimum atomic E-state index is -0.537. The Morgan fingerprint density at radius 2 is 1.95 bits per heavy atom. The minimum Gasteiger partial charge on any atom is -0.465 e. The van der Waals surface area contributed by atoms with Crippen molar-refractivity contribution in [1.82, 2.24) is 24.9 Å². The van der Waals surface area contributed by atoms with Gasteiger partial charge in [-0.2, -0.15) is 0 Å². The number of nitrogens with one attached hydrogen (secondary N) is 2. The maximum absolute atomic E-state index is 16.2. The van der Waals surface area contributed by atoms with E-state index in [9.17, 15) is 4.79 Å². The van der Waals surface area contributed by atoms with Crippen LogP contribution < -0.4 is 5.32 Å². The Morgan fingerprint density at radius 1 is 1.15 bits per heavy atom. The molecular weight excluding hydrogens is 563 g/mol. The lowest BCUT2D eigenvalue weighted by molar-refractivity contribution is -0.155. The fraction of sp³-hybridized carbons (Fsp3) is 0.500. The van der Waals surface area contributed by atoms with Crippen LogP contribution in [-0.2, 0) is 9.53 Å². The van der Waals surface area contributed by atoms with E-state index in [1.807, 2.05) is 17.5 Å². The van der Waals surface area contributed by atoms with Gasteiger partial charge in [-0.05, 0) is 55.4 Å². The summed E-state index contributed by atoms with van der Waals surface area (Å²) in [7, 11) is 0. The zero-order chi connectivity index (χ0) is 28.3. The van der Waals surface area contributed by atoms with E-state index < -0.39 is 5.82 Å². The third kappa shape index (κ3) is 5.81. The number of H-pyrrole nitrogens is 1. The number of halogens is 2. The number of hydrogen-bond acceptors (Lipinski definition) is 8. The lowest BCUT2D eigenvalue weighted by atomic mass is 9.61. The van der Waals surface area contributed by atoms with Crippen LogP contribution in [-0.4, -0.2) is 43.5 Å². The highest BCUT2D eigenvalue weighted by atomic mass is 35.5. The molecule has 0 radical (unpaired) electrons. The van der Waals surface area contributed by atoms with Gasteiger partial charge in [0.15, 0.2) is 23.1 Å². The van der Waals surface area contributed by atoms with Crippen LogP contribution in [0, 0.1) is 23.6 Å². The number of aromatic nitrogens is 5. The van der Waals surface area contributed by atoms with E-state index >= 15 is 4.39 Å². The number of esters is 1. The summed E-state index contributed by atoms with van der Waals surface area (Å²) < 4.78 is 22.0. The molecule has 0 aromatic carbocycles. The minimum absolute atomic E-state index is 0.0812. The predicted octanol–water partition coefficient (Wildman–Crippen LogP) is 7.67. The standard InChI is InChI=1S/C30H34ClFN6O2S/c1-2-3-4-5-6-13-40-30(39)22-17-9-11-18(12-10-17)24(22)36-28-23(32)26(20-8-7-14-41-20)37-27(38-28)19-15-33-29-25(19)35-21(31)16-34-29/h7-8,14-18,22,24H,2-6,9-13H2,1H3,(H,33,34)(H,36,37,38)/t17?,18?,22-,24-/m0/s1. The van der Waals surface area contributed by atoms with Gasteiger partial charge in [0.2, 0.25) is 0 Å². The second kappa shape index (κ2) is 12.4. The van der Waals surface area contributed by atoms with Gasteiger partial charge in [0, 0.05) is 12.2 Å². The number of nitrogens with zero attached hydrogens (tertiary/aromatic N) is 4. The molecule has 4 heterocycles. The number of hydrogen-bond donors (Lipinski definition) is 2. The summed E-state index contributed by atoms with van der Waals surface area (Å²) in [4.78, 5) is 35.2. The SMILES string of the molecule is CCCCCCCOC(=O)[C@H]1C2CCC(CC2)[C@@H]1Nc1nc(-c2c[nH]c3ncc(Cl)nc23)nc(-c2cccs2)c1F. The van der Waals surface area contributed by atoms with Crippen LogP contribution in [0.15, 0.2) is 29.9 Å². The number of fused-ring (bicyclic) bond motifs is 4. The lowest BCUT2D eigenvalue weighted by Gasteiger charge is -2.47. The molecule has 216 valence electrons.